The Morgan fingerprint density at radius 2 is 1.81 bits per heavy atom. The minimum Gasteiger partial charge on any atom is -0.441 e. The number of aromatic nitrogens is 1. The first kappa shape index (κ1) is 18.6. The number of nitrogens with one attached hydrogen (secondary N) is 2. The molecule has 9 heteroatoms. The van der Waals surface area contributed by atoms with Crippen LogP contribution in [0.2, 0.25) is 0 Å². The molecular weight excluding hydrogens is 363 g/mol. The molecule has 0 bridgehead atoms. The summed E-state index contributed by atoms with van der Waals surface area (Å²) in [4.78, 5) is 16.5. The highest BCUT2D eigenvalue weighted by Gasteiger charge is 2.31. The zero-order chi connectivity index (χ0) is 19.6. The Morgan fingerprint density at radius 3 is 2.48 bits per heavy atom. The number of ether oxygens (including phenoxy) is 1. The van der Waals surface area contributed by atoms with Gasteiger partial charge >= 0.3 is 6.36 Å². The zero-order valence-electron chi connectivity index (χ0n) is 14.4. The Kier molecular flexibility index (Phi) is 4.93. The van der Waals surface area contributed by atoms with Crippen LogP contribution in [0.15, 0.2) is 46.9 Å². The van der Waals surface area contributed by atoms with Crippen LogP contribution in [0.5, 0.6) is 5.75 Å². The van der Waals surface area contributed by atoms with Crippen molar-refractivity contribution in [2.24, 2.45) is 0 Å². The predicted molar refractivity (Wildman–Crippen MR) is 93.6 cm³/mol. The van der Waals surface area contributed by atoms with E-state index >= 15 is 0 Å². The van der Waals surface area contributed by atoms with Crippen molar-refractivity contribution in [3.63, 3.8) is 0 Å². The summed E-state index contributed by atoms with van der Waals surface area (Å²) in [5, 5.41) is 5.66. The molecule has 0 saturated carbocycles. The number of anilines is 2. The standard InChI is InChI=1S/C18H16F3N3O3/c1-10(22-13-5-8-16-15(9-13)23-11(2)26-16)17(25)24-12-3-6-14(7-4-12)27-18(19,20)21/h3-10,22H,1-2H3,(H,24,25)/t10-/m0/s1. The molecule has 0 spiro atoms. The van der Waals surface area contributed by atoms with Gasteiger partial charge in [0.2, 0.25) is 5.91 Å². The van der Waals surface area contributed by atoms with E-state index in [1.54, 1.807) is 32.0 Å². The molecule has 3 rings (SSSR count). The second-order valence-corrected chi connectivity index (χ2v) is 5.84. The molecular formula is C18H16F3N3O3. The summed E-state index contributed by atoms with van der Waals surface area (Å²) in [6.07, 6.45) is -4.76. The van der Waals surface area contributed by atoms with E-state index in [0.717, 1.165) is 12.1 Å². The number of carbonyl (C=O) groups excluding carboxylic acids is 1. The molecule has 142 valence electrons. The van der Waals surface area contributed by atoms with Gasteiger partial charge in [0.05, 0.1) is 0 Å². The molecule has 2 aromatic carbocycles. The highest BCUT2D eigenvalue weighted by atomic mass is 19.4. The van der Waals surface area contributed by atoms with E-state index in [0.29, 0.717) is 28.4 Å². The first-order chi connectivity index (χ1) is 12.7. The topological polar surface area (TPSA) is 76.4 Å². The molecule has 1 amide bonds. The smallest absolute Gasteiger partial charge is 0.441 e. The number of alkyl halides is 3. The average Bonchev–Trinajstić information content (AvgIpc) is 2.94. The number of rotatable bonds is 5. The molecule has 1 aromatic heterocycles. The van der Waals surface area contributed by atoms with Crippen molar-refractivity contribution < 1.29 is 27.1 Å². The van der Waals surface area contributed by atoms with E-state index < -0.39 is 12.4 Å². The Hall–Kier alpha value is -3.23. The third-order valence-electron chi connectivity index (χ3n) is 3.63. The maximum absolute atomic E-state index is 12.3. The van der Waals surface area contributed by atoms with Crippen LogP contribution in [-0.4, -0.2) is 23.3 Å². The number of nitrogens with zero attached hydrogens (tertiary/aromatic N) is 1. The van der Waals surface area contributed by atoms with Crippen molar-refractivity contribution in [3.8, 4) is 5.75 Å². The molecule has 0 fully saturated rings. The SMILES string of the molecule is Cc1nc2cc(N[C@@H](C)C(=O)Nc3ccc(OC(F)(F)F)cc3)ccc2o1. The van der Waals surface area contributed by atoms with E-state index in [-0.39, 0.29) is 11.7 Å². The Bertz CT molecular complexity index is 952. The summed E-state index contributed by atoms with van der Waals surface area (Å²) in [6.45, 7) is 3.41. The number of halogens is 3. The van der Waals surface area contributed by atoms with Gasteiger partial charge in [0.15, 0.2) is 11.5 Å². The highest BCUT2D eigenvalue weighted by Crippen LogP contribution is 2.24. The number of hydrogen-bond acceptors (Lipinski definition) is 5. The Labute approximate surface area is 152 Å². The zero-order valence-corrected chi connectivity index (χ0v) is 14.4. The summed E-state index contributed by atoms with van der Waals surface area (Å²) < 4.78 is 45.6. The number of oxazole rings is 1. The van der Waals surface area contributed by atoms with Gasteiger partial charge < -0.3 is 19.8 Å². The van der Waals surface area contributed by atoms with Crippen molar-refractivity contribution >= 4 is 28.4 Å². The molecule has 2 N–H and O–H groups in total. The Morgan fingerprint density at radius 1 is 1.15 bits per heavy atom. The van der Waals surface area contributed by atoms with Gasteiger partial charge in [-0.05, 0) is 49.4 Å². The van der Waals surface area contributed by atoms with Gasteiger partial charge in [-0.3, -0.25) is 4.79 Å². The summed E-state index contributed by atoms with van der Waals surface area (Å²) in [6, 6.07) is 9.60. The quantitative estimate of drug-likeness (QED) is 0.684. The van der Waals surface area contributed by atoms with Crippen molar-refractivity contribution in [2.75, 3.05) is 10.6 Å². The highest BCUT2D eigenvalue weighted by molar-refractivity contribution is 5.96. The third-order valence-corrected chi connectivity index (χ3v) is 3.63. The lowest BCUT2D eigenvalue weighted by atomic mass is 10.2. The first-order valence-corrected chi connectivity index (χ1v) is 8.00. The summed E-state index contributed by atoms with van der Waals surface area (Å²) in [5.41, 5.74) is 2.36. The van der Waals surface area contributed by atoms with Crippen LogP contribution in [0.25, 0.3) is 11.1 Å². The van der Waals surface area contributed by atoms with E-state index in [1.807, 2.05) is 0 Å². The largest absolute Gasteiger partial charge is 0.573 e. The monoisotopic (exact) mass is 379 g/mol. The fourth-order valence-corrected chi connectivity index (χ4v) is 2.44. The molecule has 0 saturated heterocycles. The average molecular weight is 379 g/mol. The minimum atomic E-state index is -4.76. The molecule has 0 radical (unpaired) electrons. The first-order valence-electron chi connectivity index (χ1n) is 8.00. The van der Waals surface area contributed by atoms with Crippen LogP contribution < -0.4 is 15.4 Å². The molecule has 6 nitrogen and oxygen atoms in total. The number of benzene rings is 2. The Balaban J connectivity index is 1.61. The molecule has 3 aromatic rings. The molecule has 1 atom stereocenters. The van der Waals surface area contributed by atoms with Crippen LogP contribution in [0.3, 0.4) is 0 Å². The van der Waals surface area contributed by atoms with E-state index in [4.69, 9.17) is 4.42 Å². The van der Waals surface area contributed by atoms with Gasteiger partial charge in [-0.1, -0.05) is 0 Å². The number of aryl methyl sites for hydroxylation is 1. The minimum absolute atomic E-state index is 0.351. The summed E-state index contributed by atoms with van der Waals surface area (Å²) >= 11 is 0. The summed E-state index contributed by atoms with van der Waals surface area (Å²) in [7, 11) is 0. The van der Waals surface area contributed by atoms with Gasteiger partial charge in [-0.15, -0.1) is 13.2 Å². The normalized spacial score (nSPS) is 12.6. The molecule has 0 aliphatic rings. The van der Waals surface area contributed by atoms with E-state index in [9.17, 15) is 18.0 Å². The molecule has 0 aliphatic heterocycles. The van der Waals surface area contributed by atoms with Crippen LogP contribution in [0.4, 0.5) is 24.5 Å². The number of carbonyl (C=O) groups is 1. The van der Waals surface area contributed by atoms with Gasteiger partial charge in [-0.25, -0.2) is 4.98 Å². The molecule has 0 aliphatic carbocycles. The second kappa shape index (κ2) is 7.18. The molecule has 1 heterocycles. The van der Waals surface area contributed by atoms with Crippen molar-refractivity contribution in [1.82, 2.24) is 4.98 Å². The lowest BCUT2D eigenvalue weighted by Crippen LogP contribution is -2.31. The van der Waals surface area contributed by atoms with Crippen LogP contribution in [-0.2, 0) is 4.79 Å². The van der Waals surface area contributed by atoms with Crippen molar-refractivity contribution in [1.29, 1.82) is 0 Å². The maximum Gasteiger partial charge on any atom is 0.573 e. The van der Waals surface area contributed by atoms with E-state index in [2.05, 4.69) is 20.4 Å². The molecule has 27 heavy (non-hydrogen) atoms. The predicted octanol–water partition coefficient (Wildman–Crippen LogP) is 4.47. The van der Waals surface area contributed by atoms with E-state index in [1.165, 1.54) is 12.1 Å². The third kappa shape index (κ3) is 4.90. The maximum atomic E-state index is 12.3. The van der Waals surface area contributed by atoms with Crippen LogP contribution in [0, 0.1) is 6.92 Å². The lowest BCUT2D eigenvalue weighted by molar-refractivity contribution is -0.274. The van der Waals surface area contributed by atoms with Crippen molar-refractivity contribution in [2.45, 2.75) is 26.3 Å². The van der Waals surface area contributed by atoms with Gasteiger partial charge in [0, 0.05) is 18.3 Å². The van der Waals surface area contributed by atoms with Crippen LogP contribution in [0.1, 0.15) is 12.8 Å². The number of hydrogen-bond donors (Lipinski definition) is 2. The second-order valence-electron chi connectivity index (χ2n) is 5.84. The van der Waals surface area contributed by atoms with Crippen LogP contribution >= 0.6 is 0 Å². The lowest BCUT2D eigenvalue weighted by Gasteiger charge is -2.15. The number of fused-ring (bicyclic) bond motifs is 1. The fourth-order valence-electron chi connectivity index (χ4n) is 2.44. The van der Waals surface area contributed by atoms with Crippen molar-refractivity contribution in [3.05, 3.63) is 48.4 Å². The van der Waals surface area contributed by atoms with Gasteiger partial charge in [-0.2, -0.15) is 0 Å². The number of amides is 1. The molecule has 0 unspecified atom stereocenters. The van der Waals surface area contributed by atoms with Gasteiger partial charge in [0.25, 0.3) is 0 Å². The fraction of sp³-hybridized carbons (Fsp3) is 0.222. The van der Waals surface area contributed by atoms with Gasteiger partial charge in [0.1, 0.15) is 17.3 Å². The summed E-state index contributed by atoms with van der Waals surface area (Å²) in [5.74, 6) is -0.162.